The zero-order valence-electron chi connectivity index (χ0n) is 22.9. The Kier molecular flexibility index (Phi) is 9.05. The first-order valence-electron chi connectivity index (χ1n) is 13.7. The number of nitrogens with two attached hydrogens (primary N) is 1. The van der Waals surface area contributed by atoms with Gasteiger partial charge in [0.25, 0.3) is 0 Å². The van der Waals surface area contributed by atoms with Crippen molar-refractivity contribution in [2.75, 3.05) is 63.1 Å². The van der Waals surface area contributed by atoms with Gasteiger partial charge in [-0.3, -0.25) is 4.90 Å². The first-order valence-corrected chi connectivity index (χ1v) is 14.7. The van der Waals surface area contributed by atoms with Gasteiger partial charge in [-0.25, -0.2) is 0 Å². The van der Waals surface area contributed by atoms with Gasteiger partial charge >= 0.3 is 0 Å². The molecular formula is C27H48N7OP. The summed E-state index contributed by atoms with van der Waals surface area (Å²) >= 11 is 0. The molecule has 0 spiro atoms. The number of piperidine rings is 1. The van der Waals surface area contributed by atoms with Crippen LogP contribution in [0.2, 0.25) is 0 Å². The van der Waals surface area contributed by atoms with Crippen LogP contribution in [0.3, 0.4) is 0 Å². The van der Waals surface area contributed by atoms with Gasteiger partial charge in [-0.1, -0.05) is 15.5 Å². The van der Waals surface area contributed by atoms with Crippen LogP contribution >= 0.6 is 8.58 Å². The number of aryl methyl sites for hydroxylation is 1. The maximum atomic E-state index is 10.2. The van der Waals surface area contributed by atoms with E-state index in [4.69, 9.17) is 5.73 Å². The van der Waals surface area contributed by atoms with Crippen LogP contribution in [0.4, 0.5) is 11.4 Å². The number of benzene rings is 1. The quantitative estimate of drug-likeness (QED) is 0.336. The van der Waals surface area contributed by atoms with Crippen LogP contribution in [-0.4, -0.2) is 91.4 Å². The van der Waals surface area contributed by atoms with Gasteiger partial charge < -0.3 is 36.6 Å². The lowest BCUT2D eigenvalue weighted by Crippen LogP contribution is -2.53. The van der Waals surface area contributed by atoms with Gasteiger partial charge in [0.15, 0.2) is 0 Å². The molecule has 2 saturated heterocycles. The van der Waals surface area contributed by atoms with Gasteiger partial charge in [-0.05, 0) is 76.2 Å². The van der Waals surface area contributed by atoms with Crippen molar-refractivity contribution in [3.8, 4) is 0 Å². The van der Waals surface area contributed by atoms with Gasteiger partial charge in [-0.2, -0.15) is 0 Å². The fraction of sp³-hybridized carbons (Fsp3) is 0.704. The molecule has 9 heteroatoms. The number of allylic oxidation sites excluding steroid dienone is 1. The molecule has 8 nitrogen and oxygen atoms in total. The fourth-order valence-electron chi connectivity index (χ4n) is 5.49. The van der Waals surface area contributed by atoms with Crippen molar-refractivity contribution >= 4 is 20.0 Å². The molecule has 4 rings (SSSR count). The van der Waals surface area contributed by atoms with Crippen LogP contribution in [0.15, 0.2) is 29.3 Å². The van der Waals surface area contributed by atoms with Crippen molar-refractivity contribution in [3.05, 3.63) is 34.9 Å². The van der Waals surface area contributed by atoms with Crippen molar-refractivity contribution in [2.45, 2.75) is 70.5 Å². The van der Waals surface area contributed by atoms with Crippen LogP contribution in [0.5, 0.6) is 0 Å². The first-order chi connectivity index (χ1) is 17.1. The fourth-order valence-corrected chi connectivity index (χ4v) is 6.74. The Hall–Kier alpha value is -1.57. The number of piperazine rings is 1. The molecule has 0 bridgehead atoms. The molecule has 1 aromatic rings. The number of likely N-dealkylation sites (N-methyl/N-ethyl adjacent to an activating group) is 1. The Morgan fingerprint density at radius 1 is 1.14 bits per heavy atom. The Balaban J connectivity index is 1.34. The molecule has 2 fully saturated rings. The monoisotopic (exact) mass is 517 g/mol. The van der Waals surface area contributed by atoms with Crippen LogP contribution in [0.25, 0.3) is 0 Å². The van der Waals surface area contributed by atoms with E-state index in [0.29, 0.717) is 15.1 Å². The number of aliphatic hydroxyl groups is 1. The van der Waals surface area contributed by atoms with Gasteiger partial charge in [0.05, 0.1) is 11.4 Å². The van der Waals surface area contributed by atoms with E-state index in [2.05, 4.69) is 69.7 Å². The summed E-state index contributed by atoms with van der Waals surface area (Å²) in [6.45, 7) is 15.6. The van der Waals surface area contributed by atoms with Crippen molar-refractivity contribution in [1.29, 1.82) is 0 Å². The molecule has 36 heavy (non-hydrogen) atoms. The van der Waals surface area contributed by atoms with Crippen LogP contribution in [-0.2, 0) is 0 Å². The zero-order chi connectivity index (χ0) is 25.9. The summed E-state index contributed by atoms with van der Waals surface area (Å²) in [5.41, 5.74) is 9.53. The Bertz CT molecular complexity index is 902. The average Bonchev–Trinajstić information content (AvgIpc) is 2.84. The molecule has 3 aliphatic heterocycles. The van der Waals surface area contributed by atoms with Gasteiger partial charge in [0.2, 0.25) is 0 Å². The summed E-state index contributed by atoms with van der Waals surface area (Å²) < 4.78 is 0. The van der Waals surface area contributed by atoms with Crippen molar-refractivity contribution < 1.29 is 5.11 Å². The molecule has 6 N–H and O–H groups in total. The Morgan fingerprint density at radius 3 is 2.44 bits per heavy atom. The summed E-state index contributed by atoms with van der Waals surface area (Å²) in [6, 6.07) is 7.44. The number of nitrogens with one attached hydrogen (secondary N) is 3. The highest BCUT2D eigenvalue weighted by molar-refractivity contribution is 7.44. The summed E-state index contributed by atoms with van der Waals surface area (Å²) in [7, 11) is 2.77. The number of nitrogens with zero attached hydrogens (tertiary/aromatic N) is 3. The molecule has 0 saturated carbocycles. The second-order valence-electron chi connectivity index (χ2n) is 11.4. The van der Waals surface area contributed by atoms with Gasteiger partial charge in [0.1, 0.15) is 12.0 Å². The van der Waals surface area contributed by atoms with E-state index in [1.165, 1.54) is 55.6 Å². The molecule has 3 unspecified atom stereocenters. The van der Waals surface area contributed by atoms with E-state index < -0.39 is 5.60 Å². The predicted octanol–water partition coefficient (Wildman–Crippen LogP) is 2.46. The molecule has 0 amide bonds. The lowest BCUT2D eigenvalue weighted by Gasteiger charge is -2.43. The molecule has 3 heterocycles. The second-order valence-corrected chi connectivity index (χ2v) is 12.9. The summed E-state index contributed by atoms with van der Waals surface area (Å²) in [5, 5.41) is 22.1. The normalized spacial score (nSPS) is 25.8. The van der Waals surface area contributed by atoms with Crippen molar-refractivity contribution in [1.82, 2.24) is 20.4 Å². The van der Waals surface area contributed by atoms with Gasteiger partial charge in [0, 0.05) is 63.2 Å². The summed E-state index contributed by atoms with van der Waals surface area (Å²) in [5.74, 6) is 1.01. The molecule has 202 valence electrons. The van der Waals surface area contributed by atoms with E-state index in [0.717, 1.165) is 37.1 Å². The average molecular weight is 518 g/mol. The molecule has 3 aliphatic rings. The molecule has 0 radical (unpaired) electrons. The minimum Gasteiger partial charge on any atom is -0.389 e. The summed E-state index contributed by atoms with van der Waals surface area (Å²) in [4.78, 5) is 7.71. The smallest absolute Gasteiger partial charge is 0.117 e. The van der Waals surface area contributed by atoms with Crippen LogP contribution in [0.1, 0.15) is 45.6 Å². The summed E-state index contributed by atoms with van der Waals surface area (Å²) in [6.07, 6.45) is 3.38. The van der Waals surface area contributed by atoms with E-state index in [-0.39, 0.29) is 11.9 Å². The number of hydrogen-bond acceptors (Lipinski definition) is 8. The minimum absolute atomic E-state index is 0.00113. The molecule has 0 aromatic heterocycles. The molecule has 1 aromatic carbocycles. The van der Waals surface area contributed by atoms with E-state index >= 15 is 0 Å². The van der Waals surface area contributed by atoms with E-state index in [1.807, 2.05) is 13.8 Å². The highest BCUT2D eigenvalue weighted by atomic mass is 31.1. The third-order valence-electron chi connectivity index (χ3n) is 7.73. The van der Waals surface area contributed by atoms with E-state index in [9.17, 15) is 5.11 Å². The topological polar surface area (TPSA) is 92.1 Å². The standard InChI is InChI=1S/C27H48N7OP/c1-6-23-25(29-18-27(3,4)35)31-26(24(28)36-23)30-20-7-8-22(19(2)17-20)34-11-9-21(10-12-34)33-15-13-32(5)14-16-33/h7-8,17,21,24,26,29-31,35-36H,6,9-16,18,28H2,1-5H3. The van der Waals surface area contributed by atoms with Crippen LogP contribution < -0.4 is 26.6 Å². The SMILES string of the molecule is CCC1=C(NCC(C)(C)O)NC(Nc2ccc(N3CCC(N4CCN(C)CC4)CC3)c(C)c2)C(N)P1. The molecule has 3 atom stereocenters. The largest absolute Gasteiger partial charge is 0.389 e. The zero-order valence-corrected chi connectivity index (χ0v) is 23.9. The van der Waals surface area contributed by atoms with E-state index in [1.54, 1.807) is 0 Å². The third kappa shape index (κ3) is 7.05. The van der Waals surface area contributed by atoms with Crippen molar-refractivity contribution in [2.24, 2.45) is 5.73 Å². The second kappa shape index (κ2) is 11.9. The Labute approximate surface area is 219 Å². The van der Waals surface area contributed by atoms with Crippen LogP contribution in [0, 0.1) is 6.92 Å². The maximum Gasteiger partial charge on any atom is 0.117 e. The number of rotatable bonds is 8. The van der Waals surface area contributed by atoms with Gasteiger partial charge in [-0.15, -0.1) is 0 Å². The highest BCUT2D eigenvalue weighted by Crippen LogP contribution is 2.37. The first kappa shape index (κ1) is 27.5. The Morgan fingerprint density at radius 2 is 1.83 bits per heavy atom. The molecule has 0 aliphatic carbocycles. The molecular weight excluding hydrogens is 469 g/mol. The number of hydrogen-bond donors (Lipinski definition) is 5. The third-order valence-corrected chi connectivity index (χ3v) is 9.35. The predicted molar refractivity (Wildman–Crippen MR) is 154 cm³/mol. The highest BCUT2D eigenvalue weighted by Gasteiger charge is 2.29. The number of anilines is 2. The lowest BCUT2D eigenvalue weighted by molar-refractivity contribution is 0.0818. The van der Waals surface area contributed by atoms with Crippen molar-refractivity contribution in [3.63, 3.8) is 0 Å². The lowest BCUT2D eigenvalue weighted by atomic mass is 10.0. The minimum atomic E-state index is -0.773. The maximum absolute atomic E-state index is 10.2.